The maximum atomic E-state index is 12.4. The predicted octanol–water partition coefficient (Wildman–Crippen LogP) is 1.91. The Morgan fingerprint density at radius 2 is 2.11 bits per heavy atom. The molecule has 4 unspecified atom stereocenters. The van der Waals surface area contributed by atoms with E-state index in [0.29, 0.717) is 25.4 Å². The topological polar surface area (TPSA) is 67.2 Å². The maximum Gasteiger partial charge on any atom is 0.157 e. The summed E-state index contributed by atoms with van der Waals surface area (Å²) in [7, 11) is -3.21. The van der Waals surface area contributed by atoms with Crippen LogP contribution in [0.2, 0.25) is 0 Å². The summed E-state index contributed by atoms with van der Waals surface area (Å²) in [6.07, 6.45) is 3.94. The van der Waals surface area contributed by atoms with E-state index in [-0.39, 0.29) is 17.8 Å². The largest absolute Gasteiger partial charge is 0.377 e. The van der Waals surface area contributed by atoms with Gasteiger partial charge < -0.3 is 4.74 Å². The standard InChI is InChI=1S/C13H21NO3S/c1-10-4-5-11(8-14)13(7-10)18(15,16)9-12-3-2-6-17-12/h10-13H,2-7,9H2,1H3. The molecule has 0 radical (unpaired) electrons. The fourth-order valence-corrected chi connectivity index (χ4v) is 5.38. The van der Waals surface area contributed by atoms with E-state index in [9.17, 15) is 8.42 Å². The summed E-state index contributed by atoms with van der Waals surface area (Å²) in [5.74, 6) is 0.175. The lowest BCUT2D eigenvalue weighted by Gasteiger charge is -2.31. The van der Waals surface area contributed by atoms with Crippen molar-refractivity contribution in [3.05, 3.63) is 0 Å². The molecule has 2 aliphatic rings. The van der Waals surface area contributed by atoms with Crippen LogP contribution in [0.1, 0.15) is 39.0 Å². The van der Waals surface area contributed by atoms with E-state index in [0.717, 1.165) is 19.3 Å². The third-order valence-corrected chi connectivity index (χ3v) is 6.40. The highest BCUT2D eigenvalue weighted by Crippen LogP contribution is 2.34. The first kappa shape index (κ1) is 13.8. The molecule has 102 valence electrons. The van der Waals surface area contributed by atoms with Crippen molar-refractivity contribution in [1.82, 2.24) is 0 Å². The van der Waals surface area contributed by atoms with Crippen molar-refractivity contribution in [3.63, 3.8) is 0 Å². The van der Waals surface area contributed by atoms with Crippen molar-refractivity contribution in [2.24, 2.45) is 11.8 Å². The van der Waals surface area contributed by atoms with Crippen molar-refractivity contribution in [1.29, 1.82) is 5.26 Å². The number of ether oxygens (including phenoxy) is 1. The summed E-state index contributed by atoms with van der Waals surface area (Å²) < 4.78 is 30.3. The Kier molecular flexibility index (Phi) is 4.29. The zero-order valence-electron chi connectivity index (χ0n) is 10.8. The molecule has 1 aliphatic heterocycles. The molecule has 0 amide bonds. The van der Waals surface area contributed by atoms with Crippen molar-refractivity contribution in [2.45, 2.75) is 50.4 Å². The third-order valence-electron chi connectivity index (χ3n) is 4.12. The fraction of sp³-hybridized carbons (Fsp3) is 0.923. The molecule has 4 atom stereocenters. The number of hydrogen-bond acceptors (Lipinski definition) is 4. The van der Waals surface area contributed by atoms with E-state index >= 15 is 0 Å². The minimum atomic E-state index is -3.21. The Morgan fingerprint density at radius 3 is 2.72 bits per heavy atom. The summed E-state index contributed by atoms with van der Waals surface area (Å²) in [5.41, 5.74) is 0. The van der Waals surface area contributed by atoms with Crippen molar-refractivity contribution in [3.8, 4) is 6.07 Å². The van der Waals surface area contributed by atoms with Gasteiger partial charge in [-0.3, -0.25) is 0 Å². The van der Waals surface area contributed by atoms with E-state index < -0.39 is 15.1 Å². The highest BCUT2D eigenvalue weighted by atomic mass is 32.2. The van der Waals surface area contributed by atoms with Crippen LogP contribution in [-0.2, 0) is 14.6 Å². The molecule has 0 spiro atoms. The second-order valence-corrected chi connectivity index (χ2v) is 7.92. The van der Waals surface area contributed by atoms with Gasteiger partial charge in [0.25, 0.3) is 0 Å². The molecule has 0 aromatic rings. The first-order valence-electron chi connectivity index (χ1n) is 6.75. The zero-order valence-corrected chi connectivity index (χ0v) is 11.7. The summed E-state index contributed by atoms with van der Waals surface area (Å²) >= 11 is 0. The maximum absolute atomic E-state index is 12.4. The average Bonchev–Trinajstić information content (AvgIpc) is 2.81. The van der Waals surface area contributed by atoms with Crippen molar-refractivity contribution in [2.75, 3.05) is 12.4 Å². The van der Waals surface area contributed by atoms with Crippen LogP contribution < -0.4 is 0 Å². The number of nitrogens with zero attached hydrogens (tertiary/aromatic N) is 1. The lowest BCUT2D eigenvalue weighted by Crippen LogP contribution is -2.38. The highest BCUT2D eigenvalue weighted by molar-refractivity contribution is 7.92. The molecule has 0 aromatic heterocycles. The fourth-order valence-electron chi connectivity index (χ4n) is 3.03. The van der Waals surface area contributed by atoms with Gasteiger partial charge in [-0.15, -0.1) is 0 Å². The Bertz CT molecular complexity index is 420. The van der Waals surface area contributed by atoms with Crippen molar-refractivity contribution < 1.29 is 13.2 Å². The molecule has 2 rings (SSSR count). The average molecular weight is 271 g/mol. The van der Waals surface area contributed by atoms with Gasteiger partial charge in [0.1, 0.15) is 0 Å². The molecule has 0 bridgehead atoms. The molecule has 1 saturated heterocycles. The van der Waals surface area contributed by atoms with Crippen LogP contribution in [0.25, 0.3) is 0 Å². The van der Waals surface area contributed by atoms with Crippen LogP contribution in [0.4, 0.5) is 0 Å². The molecule has 0 N–H and O–H groups in total. The second kappa shape index (κ2) is 5.58. The predicted molar refractivity (Wildman–Crippen MR) is 68.7 cm³/mol. The van der Waals surface area contributed by atoms with E-state index in [1.807, 2.05) is 0 Å². The van der Waals surface area contributed by atoms with Crippen LogP contribution in [0.5, 0.6) is 0 Å². The SMILES string of the molecule is CC1CCC(C#N)C(S(=O)(=O)CC2CCCO2)C1. The summed E-state index contributed by atoms with van der Waals surface area (Å²) in [6.45, 7) is 2.74. The second-order valence-electron chi connectivity index (χ2n) is 5.66. The van der Waals surface area contributed by atoms with E-state index in [2.05, 4.69) is 13.0 Å². The summed E-state index contributed by atoms with van der Waals surface area (Å²) in [6, 6.07) is 2.19. The Morgan fingerprint density at radius 1 is 1.33 bits per heavy atom. The molecule has 18 heavy (non-hydrogen) atoms. The van der Waals surface area contributed by atoms with Gasteiger partial charge in [-0.25, -0.2) is 8.42 Å². The zero-order chi connectivity index (χ0) is 13.2. The van der Waals surface area contributed by atoms with Gasteiger partial charge in [-0.2, -0.15) is 5.26 Å². The number of sulfone groups is 1. The van der Waals surface area contributed by atoms with Crippen molar-refractivity contribution >= 4 is 9.84 Å². The minimum absolute atomic E-state index is 0.0998. The van der Waals surface area contributed by atoms with Crippen LogP contribution in [0.3, 0.4) is 0 Å². The Balaban J connectivity index is 2.08. The van der Waals surface area contributed by atoms with Gasteiger partial charge in [-0.05, 0) is 38.0 Å². The van der Waals surface area contributed by atoms with Gasteiger partial charge in [0, 0.05) is 6.61 Å². The smallest absolute Gasteiger partial charge is 0.157 e. The molecule has 1 aliphatic carbocycles. The Labute approximate surface area is 109 Å². The molecule has 4 nitrogen and oxygen atoms in total. The molecular weight excluding hydrogens is 250 g/mol. The monoisotopic (exact) mass is 271 g/mol. The molecule has 0 aromatic carbocycles. The molecule has 2 fully saturated rings. The molecule has 1 heterocycles. The van der Waals surface area contributed by atoms with E-state index in [4.69, 9.17) is 10.00 Å². The number of hydrogen-bond donors (Lipinski definition) is 0. The van der Waals surface area contributed by atoms with Crippen LogP contribution in [-0.4, -0.2) is 32.1 Å². The normalized spacial score (nSPS) is 37.3. The quantitative estimate of drug-likeness (QED) is 0.786. The van der Waals surface area contributed by atoms with Crippen LogP contribution in [0, 0.1) is 23.2 Å². The molecule has 1 saturated carbocycles. The van der Waals surface area contributed by atoms with Crippen LogP contribution in [0.15, 0.2) is 0 Å². The van der Waals surface area contributed by atoms with Gasteiger partial charge in [0.15, 0.2) is 9.84 Å². The number of nitriles is 1. The highest BCUT2D eigenvalue weighted by Gasteiger charge is 2.39. The van der Waals surface area contributed by atoms with Gasteiger partial charge in [-0.1, -0.05) is 6.92 Å². The van der Waals surface area contributed by atoms with Gasteiger partial charge in [0.2, 0.25) is 0 Å². The van der Waals surface area contributed by atoms with Gasteiger partial charge in [0.05, 0.1) is 29.1 Å². The minimum Gasteiger partial charge on any atom is -0.377 e. The summed E-state index contributed by atoms with van der Waals surface area (Å²) in [5, 5.41) is 8.65. The van der Waals surface area contributed by atoms with E-state index in [1.54, 1.807) is 0 Å². The first-order chi connectivity index (χ1) is 8.53. The molecule has 5 heteroatoms. The van der Waals surface area contributed by atoms with E-state index in [1.165, 1.54) is 0 Å². The first-order valence-corrected chi connectivity index (χ1v) is 8.47. The number of rotatable bonds is 3. The lowest BCUT2D eigenvalue weighted by atomic mass is 9.83. The molecular formula is C13H21NO3S. The lowest BCUT2D eigenvalue weighted by molar-refractivity contribution is 0.127. The van der Waals surface area contributed by atoms with Gasteiger partial charge >= 0.3 is 0 Å². The summed E-state index contributed by atoms with van der Waals surface area (Å²) in [4.78, 5) is 0. The Hall–Kier alpha value is -0.600. The third kappa shape index (κ3) is 3.04. The van der Waals surface area contributed by atoms with Crippen LogP contribution >= 0.6 is 0 Å².